The van der Waals surface area contributed by atoms with Gasteiger partial charge in [-0.3, -0.25) is 13.8 Å². The first-order valence-electron chi connectivity index (χ1n) is 23.7. The van der Waals surface area contributed by atoms with Crippen LogP contribution in [0.3, 0.4) is 0 Å². The number of hydrogen-bond donors (Lipinski definition) is 6. The van der Waals surface area contributed by atoms with Crippen LogP contribution < -0.4 is 0 Å². The standard InChI is InChI=1S/C51H83O12P/c1-3-5-7-9-11-13-15-17-19-20-21-22-23-24-25-27-29-31-33-35-37-39-41-60-42-44(43-61-64(58,59)63-51-49(56)47(54)46(53)48(55)50(51)57)62-45(52)40-38-36-34-32-30-28-26-18-16-14-12-10-8-6-4-2/h5-8,11-14,17-19,21-22,24-26,29,31,44,46-51,53-57H,3-4,9-10,15-16,20,23,27-28,30,32-43H2,1-2H3,(H,58,59)/b7-5-,8-6-,13-11-,14-12-,19-17-,22-21-,25-24-,26-18-,31-29-. The van der Waals surface area contributed by atoms with E-state index in [1.165, 1.54) is 0 Å². The monoisotopic (exact) mass is 919 g/mol. The molecule has 0 aromatic carbocycles. The fraction of sp³-hybridized carbons (Fsp3) is 0.627. The van der Waals surface area contributed by atoms with Crippen molar-refractivity contribution in [1.29, 1.82) is 0 Å². The molecule has 12 nitrogen and oxygen atoms in total. The smallest absolute Gasteiger partial charge is 0.457 e. The lowest BCUT2D eigenvalue weighted by Gasteiger charge is -2.41. The summed E-state index contributed by atoms with van der Waals surface area (Å²) in [6, 6.07) is 0. The molecule has 364 valence electrons. The first-order valence-corrected chi connectivity index (χ1v) is 25.2. The maximum atomic E-state index is 12.8. The molecule has 0 aromatic heterocycles. The number of phosphoric acid groups is 1. The third-order valence-electron chi connectivity index (χ3n) is 10.1. The van der Waals surface area contributed by atoms with Gasteiger partial charge < -0.3 is 39.9 Å². The zero-order valence-electron chi connectivity index (χ0n) is 38.8. The van der Waals surface area contributed by atoms with Gasteiger partial charge in [-0.15, -0.1) is 0 Å². The molecule has 13 heteroatoms. The van der Waals surface area contributed by atoms with Crippen molar-refractivity contribution >= 4 is 13.8 Å². The predicted octanol–water partition coefficient (Wildman–Crippen LogP) is 10.1. The molecule has 0 amide bonds. The van der Waals surface area contributed by atoms with Crippen LogP contribution in [0, 0.1) is 0 Å². The Labute approximate surface area is 385 Å². The van der Waals surface area contributed by atoms with Gasteiger partial charge in [0.05, 0.1) is 13.2 Å². The lowest BCUT2D eigenvalue weighted by Crippen LogP contribution is -2.64. The van der Waals surface area contributed by atoms with E-state index < -0.39 is 63.1 Å². The fourth-order valence-corrected chi connectivity index (χ4v) is 7.40. The summed E-state index contributed by atoms with van der Waals surface area (Å²) >= 11 is 0. The molecule has 0 radical (unpaired) electrons. The number of aliphatic hydroxyl groups excluding tert-OH is 5. The van der Waals surface area contributed by atoms with Gasteiger partial charge in [-0.25, -0.2) is 4.57 Å². The molecule has 0 aliphatic heterocycles. The molecule has 6 N–H and O–H groups in total. The molecule has 0 spiro atoms. The quantitative estimate of drug-likeness (QED) is 0.0149. The third kappa shape index (κ3) is 31.8. The van der Waals surface area contributed by atoms with Crippen LogP contribution in [0.2, 0.25) is 0 Å². The Bertz CT molecular complexity index is 1470. The summed E-state index contributed by atoms with van der Waals surface area (Å²) in [5, 5.41) is 50.2. The molecule has 1 saturated carbocycles. The molecular weight excluding hydrogens is 836 g/mol. The molecule has 0 heterocycles. The minimum absolute atomic E-state index is 0.115. The maximum Gasteiger partial charge on any atom is 0.472 e. The van der Waals surface area contributed by atoms with Crippen LogP contribution in [0.15, 0.2) is 109 Å². The Hall–Kier alpha value is -3.00. The van der Waals surface area contributed by atoms with Crippen LogP contribution in [0.4, 0.5) is 0 Å². The topological polar surface area (TPSA) is 192 Å². The van der Waals surface area contributed by atoms with Gasteiger partial charge >= 0.3 is 13.8 Å². The molecule has 64 heavy (non-hydrogen) atoms. The van der Waals surface area contributed by atoms with Crippen LogP contribution in [0.25, 0.3) is 0 Å². The van der Waals surface area contributed by atoms with E-state index >= 15 is 0 Å². The molecule has 1 aliphatic carbocycles. The second kappa shape index (κ2) is 40.3. The minimum atomic E-state index is -5.04. The van der Waals surface area contributed by atoms with Crippen molar-refractivity contribution in [3.05, 3.63) is 109 Å². The average molecular weight is 919 g/mol. The van der Waals surface area contributed by atoms with Crippen LogP contribution >= 0.6 is 7.82 Å². The van der Waals surface area contributed by atoms with Gasteiger partial charge in [0.1, 0.15) is 42.7 Å². The third-order valence-corrected chi connectivity index (χ3v) is 11.1. The number of esters is 1. The van der Waals surface area contributed by atoms with Crippen molar-refractivity contribution in [2.45, 2.75) is 185 Å². The molecule has 0 aromatic rings. The fourth-order valence-electron chi connectivity index (χ4n) is 6.43. The van der Waals surface area contributed by atoms with Crippen molar-refractivity contribution in [2.75, 3.05) is 19.8 Å². The number of aliphatic hydroxyl groups is 5. The molecular formula is C51H83O12P. The van der Waals surface area contributed by atoms with E-state index in [0.29, 0.717) is 13.0 Å². The van der Waals surface area contributed by atoms with Gasteiger partial charge in [0.25, 0.3) is 0 Å². The number of phosphoric ester groups is 1. The lowest BCUT2D eigenvalue weighted by atomic mass is 9.85. The summed E-state index contributed by atoms with van der Waals surface area (Å²) < 4.78 is 34.1. The van der Waals surface area contributed by atoms with E-state index in [1.54, 1.807) is 0 Å². The molecule has 1 rings (SSSR count). The van der Waals surface area contributed by atoms with Crippen molar-refractivity contribution in [3.8, 4) is 0 Å². The molecule has 1 aliphatic rings. The zero-order valence-corrected chi connectivity index (χ0v) is 39.7. The Kier molecular flexibility index (Phi) is 37.2. The Morgan fingerprint density at radius 3 is 1.33 bits per heavy atom. The SMILES string of the molecule is CC/C=C\C/C=C\C/C=C\C/C=C\C/C=C\C/C=C\CCCCCOCC(COP(=O)(O)OC1C(O)C(O)C(O)C(O)C1O)OC(=O)CCCCCCC/C=C\C/C=C\C/C=C\CC. The number of carbonyl (C=O) groups excluding carboxylic acids is 1. The highest BCUT2D eigenvalue weighted by Crippen LogP contribution is 2.47. The van der Waals surface area contributed by atoms with Gasteiger partial charge in [0.15, 0.2) is 0 Å². The van der Waals surface area contributed by atoms with Crippen molar-refractivity contribution < 1.29 is 58.3 Å². The molecule has 1 fully saturated rings. The maximum absolute atomic E-state index is 12.8. The Balaban J connectivity index is 2.43. The van der Waals surface area contributed by atoms with E-state index in [2.05, 4.69) is 123 Å². The summed E-state index contributed by atoms with van der Waals surface area (Å²) in [7, 11) is -5.04. The number of unbranched alkanes of at least 4 members (excludes halogenated alkanes) is 8. The second-order valence-electron chi connectivity index (χ2n) is 15.8. The second-order valence-corrected chi connectivity index (χ2v) is 17.2. The number of carbonyl (C=O) groups is 1. The Morgan fingerprint density at radius 1 is 0.500 bits per heavy atom. The van der Waals surface area contributed by atoms with Gasteiger partial charge in [-0.05, 0) is 96.3 Å². The van der Waals surface area contributed by atoms with Crippen LogP contribution in [0.1, 0.15) is 142 Å². The summed E-state index contributed by atoms with van der Waals surface area (Å²) in [4.78, 5) is 23.2. The van der Waals surface area contributed by atoms with E-state index in [0.717, 1.165) is 116 Å². The summed E-state index contributed by atoms with van der Waals surface area (Å²) in [5.74, 6) is -0.512. The molecule has 6 unspecified atom stereocenters. The highest BCUT2D eigenvalue weighted by Gasteiger charge is 2.51. The summed E-state index contributed by atoms with van der Waals surface area (Å²) in [5.41, 5.74) is 0. The van der Waals surface area contributed by atoms with Gasteiger partial charge in [0, 0.05) is 13.0 Å². The molecule has 0 bridgehead atoms. The number of rotatable bonds is 38. The number of ether oxygens (including phenoxy) is 2. The van der Waals surface area contributed by atoms with E-state index in [-0.39, 0.29) is 13.0 Å². The number of allylic oxidation sites excluding steroid dienone is 18. The lowest BCUT2D eigenvalue weighted by molar-refractivity contribution is -0.220. The van der Waals surface area contributed by atoms with Gasteiger partial charge in [-0.1, -0.05) is 149 Å². The van der Waals surface area contributed by atoms with Crippen LogP contribution in [-0.2, 0) is 27.9 Å². The van der Waals surface area contributed by atoms with Crippen molar-refractivity contribution in [2.24, 2.45) is 0 Å². The number of hydrogen-bond acceptors (Lipinski definition) is 11. The molecule has 6 atom stereocenters. The zero-order chi connectivity index (χ0) is 46.9. The van der Waals surface area contributed by atoms with Crippen molar-refractivity contribution in [1.82, 2.24) is 0 Å². The summed E-state index contributed by atoms with van der Waals surface area (Å²) in [6.45, 7) is 3.91. The van der Waals surface area contributed by atoms with Gasteiger partial charge in [0.2, 0.25) is 0 Å². The minimum Gasteiger partial charge on any atom is -0.457 e. The van der Waals surface area contributed by atoms with E-state index in [9.17, 15) is 39.8 Å². The first-order chi connectivity index (χ1) is 31.0. The molecule has 0 saturated heterocycles. The highest BCUT2D eigenvalue weighted by atomic mass is 31.2. The normalized spacial score (nSPS) is 22.7. The Morgan fingerprint density at radius 2 is 0.875 bits per heavy atom. The largest absolute Gasteiger partial charge is 0.472 e. The van der Waals surface area contributed by atoms with E-state index in [1.807, 2.05) is 0 Å². The van der Waals surface area contributed by atoms with Gasteiger partial charge in [-0.2, -0.15) is 0 Å². The summed E-state index contributed by atoms with van der Waals surface area (Å²) in [6.07, 6.45) is 44.4. The van der Waals surface area contributed by atoms with Crippen LogP contribution in [0.5, 0.6) is 0 Å². The highest BCUT2D eigenvalue weighted by molar-refractivity contribution is 7.47. The first kappa shape index (κ1) is 59.0. The average Bonchev–Trinajstić information content (AvgIpc) is 3.28. The predicted molar refractivity (Wildman–Crippen MR) is 257 cm³/mol. The van der Waals surface area contributed by atoms with Crippen LogP contribution in [-0.4, -0.2) is 98.9 Å². The van der Waals surface area contributed by atoms with Crippen molar-refractivity contribution in [3.63, 3.8) is 0 Å². The van der Waals surface area contributed by atoms with E-state index in [4.69, 9.17) is 18.5 Å².